The molecule has 0 amide bonds. The van der Waals surface area contributed by atoms with E-state index in [4.69, 9.17) is 5.73 Å². The molecule has 0 aromatic heterocycles. The third-order valence-electron chi connectivity index (χ3n) is 3.84. The zero-order valence-electron chi connectivity index (χ0n) is 13.4. The van der Waals surface area contributed by atoms with E-state index in [-0.39, 0.29) is 6.17 Å². The summed E-state index contributed by atoms with van der Waals surface area (Å²) >= 11 is 0. The van der Waals surface area contributed by atoms with Crippen LogP contribution in [0.1, 0.15) is 71.6 Å². The van der Waals surface area contributed by atoms with E-state index in [0.29, 0.717) is 6.17 Å². The third-order valence-corrected chi connectivity index (χ3v) is 3.84. The molecule has 1 heterocycles. The second-order valence-electron chi connectivity index (χ2n) is 5.79. The number of nitrogens with two attached hydrogens (primary N) is 1. The number of nitrogens with one attached hydrogen (secondary N) is 1. The summed E-state index contributed by atoms with van der Waals surface area (Å²) in [6.45, 7) is 4.27. The number of nitrogens with zero attached hydrogens (tertiary/aromatic N) is 1. The van der Waals surface area contributed by atoms with Gasteiger partial charge in [-0.05, 0) is 39.0 Å². The summed E-state index contributed by atoms with van der Waals surface area (Å²) in [6.07, 6.45) is 20.9. The van der Waals surface area contributed by atoms with Crippen molar-refractivity contribution < 1.29 is 0 Å². The fourth-order valence-electron chi connectivity index (χ4n) is 2.61. The lowest BCUT2D eigenvalue weighted by Crippen LogP contribution is -2.44. The van der Waals surface area contributed by atoms with Crippen molar-refractivity contribution >= 4 is 0 Å². The highest BCUT2D eigenvalue weighted by Gasteiger charge is 2.20. The Bertz CT molecular complexity index is 284. The molecule has 3 heteroatoms. The Morgan fingerprint density at radius 3 is 2.60 bits per heavy atom. The van der Waals surface area contributed by atoms with E-state index in [1.165, 1.54) is 57.8 Å². The van der Waals surface area contributed by atoms with Gasteiger partial charge in [0.15, 0.2) is 0 Å². The molecule has 3 N–H and O–H groups in total. The molecule has 1 aliphatic rings. The number of hydrogen-bond acceptors (Lipinski definition) is 3. The van der Waals surface area contributed by atoms with Gasteiger partial charge in [-0.3, -0.25) is 0 Å². The molecule has 0 radical (unpaired) electrons. The molecule has 1 aliphatic heterocycles. The van der Waals surface area contributed by atoms with Crippen molar-refractivity contribution in [1.29, 1.82) is 0 Å². The maximum atomic E-state index is 5.94. The molecule has 0 aliphatic carbocycles. The van der Waals surface area contributed by atoms with Crippen LogP contribution in [0.3, 0.4) is 0 Å². The minimum Gasteiger partial charge on any atom is -0.370 e. The molecule has 0 bridgehead atoms. The highest BCUT2D eigenvalue weighted by molar-refractivity contribution is 4.95. The van der Waals surface area contributed by atoms with Gasteiger partial charge in [0.25, 0.3) is 0 Å². The first-order chi connectivity index (χ1) is 9.75. The summed E-state index contributed by atoms with van der Waals surface area (Å²) in [6, 6.07) is 0. The van der Waals surface area contributed by atoms with Crippen LogP contribution >= 0.6 is 0 Å². The van der Waals surface area contributed by atoms with Crippen LogP contribution in [0.5, 0.6) is 0 Å². The standard InChI is InChI=1S/C17H33N3/c1-3-4-5-6-7-8-9-10-11-12-13-17-19-14-15-20(17)16(2)18/h5-6,14-17,19H,3-4,7-13,18H2,1-2H3/b6-5+. The molecule has 0 fully saturated rings. The topological polar surface area (TPSA) is 41.3 Å². The Labute approximate surface area is 125 Å². The number of hydrogen-bond donors (Lipinski definition) is 2. The zero-order chi connectivity index (χ0) is 14.6. The van der Waals surface area contributed by atoms with E-state index in [9.17, 15) is 0 Å². The maximum absolute atomic E-state index is 5.94. The van der Waals surface area contributed by atoms with Gasteiger partial charge in [-0.25, -0.2) is 0 Å². The third kappa shape index (κ3) is 6.99. The van der Waals surface area contributed by atoms with Crippen LogP contribution < -0.4 is 11.1 Å². The second kappa shape index (κ2) is 10.8. The lowest BCUT2D eigenvalue weighted by atomic mass is 10.1. The summed E-state index contributed by atoms with van der Waals surface area (Å²) in [5.74, 6) is 0. The molecule has 0 spiro atoms. The minimum atomic E-state index is 0.0983. The molecule has 0 saturated heterocycles. The van der Waals surface area contributed by atoms with Crippen LogP contribution in [-0.2, 0) is 0 Å². The smallest absolute Gasteiger partial charge is 0.0995 e. The van der Waals surface area contributed by atoms with Gasteiger partial charge in [0.1, 0.15) is 0 Å². The van der Waals surface area contributed by atoms with Crippen molar-refractivity contribution in [3.63, 3.8) is 0 Å². The number of allylic oxidation sites excluding steroid dienone is 2. The molecule has 1 rings (SSSR count). The van der Waals surface area contributed by atoms with E-state index in [1.807, 2.05) is 13.1 Å². The average molecular weight is 279 g/mol. The minimum absolute atomic E-state index is 0.0983. The summed E-state index contributed by atoms with van der Waals surface area (Å²) < 4.78 is 0. The van der Waals surface area contributed by atoms with Crippen LogP contribution in [0.2, 0.25) is 0 Å². The molecular weight excluding hydrogens is 246 g/mol. The largest absolute Gasteiger partial charge is 0.370 e. The lowest BCUT2D eigenvalue weighted by Gasteiger charge is -2.28. The van der Waals surface area contributed by atoms with Crippen LogP contribution in [0, 0.1) is 0 Å². The molecular formula is C17H33N3. The van der Waals surface area contributed by atoms with Gasteiger partial charge in [-0.15, -0.1) is 0 Å². The highest BCUT2D eigenvalue weighted by Crippen LogP contribution is 2.15. The Hall–Kier alpha value is -0.960. The Morgan fingerprint density at radius 1 is 1.15 bits per heavy atom. The van der Waals surface area contributed by atoms with Gasteiger partial charge in [0.2, 0.25) is 0 Å². The van der Waals surface area contributed by atoms with Crippen molar-refractivity contribution in [3.05, 3.63) is 24.6 Å². The van der Waals surface area contributed by atoms with Gasteiger partial charge in [0.05, 0.1) is 12.3 Å². The molecule has 3 nitrogen and oxygen atoms in total. The molecule has 20 heavy (non-hydrogen) atoms. The van der Waals surface area contributed by atoms with Crippen molar-refractivity contribution in [2.45, 2.75) is 84.0 Å². The van der Waals surface area contributed by atoms with Gasteiger partial charge in [0, 0.05) is 12.4 Å². The Morgan fingerprint density at radius 2 is 1.85 bits per heavy atom. The van der Waals surface area contributed by atoms with Crippen LogP contribution in [0.4, 0.5) is 0 Å². The summed E-state index contributed by atoms with van der Waals surface area (Å²) in [5, 5.41) is 3.38. The van der Waals surface area contributed by atoms with Crippen LogP contribution in [-0.4, -0.2) is 17.2 Å². The van der Waals surface area contributed by atoms with E-state index in [1.54, 1.807) is 0 Å². The summed E-state index contributed by atoms with van der Waals surface area (Å²) in [5.41, 5.74) is 5.94. The van der Waals surface area contributed by atoms with E-state index < -0.39 is 0 Å². The Balaban J connectivity index is 1.92. The van der Waals surface area contributed by atoms with Crippen LogP contribution in [0.25, 0.3) is 0 Å². The highest BCUT2D eigenvalue weighted by atomic mass is 15.3. The van der Waals surface area contributed by atoms with Crippen molar-refractivity contribution in [2.75, 3.05) is 0 Å². The fraction of sp³-hybridized carbons (Fsp3) is 0.765. The van der Waals surface area contributed by atoms with Crippen LogP contribution in [0.15, 0.2) is 24.6 Å². The lowest BCUT2D eigenvalue weighted by molar-refractivity contribution is 0.208. The maximum Gasteiger partial charge on any atom is 0.0995 e. The molecule has 0 aromatic carbocycles. The quantitative estimate of drug-likeness (QED) is 0.442. The van der Waals surface area contributed by atoms with Crippen molar-refractivity contribution in [1.82, 2.24) is 10.2 Å². The van der Waals surface area contributed by atoms with Gasteiger partial charge < -0.3 is 16.0 Å². The first kappa shape index (κ1) is 17.1. The monoisotopic (exact) mass is 279 g/mol. The van der Waals surface area contributed by atoms with Gasteiger partial charge >= 0.3 is 0 Å². The number of unbranched alkanes of at least 4 members (excludes halogenated alkanes) is 6. The first-order valence-corrected chi connectivity index (χ1v) is 8.36. The van der Waals surface area contributed by atoms with E-state index in [0.717, 1.165) is 0 Å². The predicted octanol–water partition coefficient (Wildman–Crippen LogP) is 4.08. The van der Waals surface area contributed by atoms with Gasteiger partial charge in [-0.2, -0.15) is 0 Å². The van der Waals surface area contributed by atoms with Crippen molar-refractivity contribution in [2.24, 2.45) is 5.73 Å². The van der Waals surface area contributed by atoms with Gasteiger partial charge in [-0.1, -0.05) is 44.8 Å². The number of rotatable bonds is 11. The molecule has 0 saturated carbocycles. The summed E-state index contributed by atoms with van der Waals surface area (Å²) in [4.78, 5) is 2.21. The van der Waals surface area contributed by atoms with E-state index >= 15 is 0 Å². The normalized spacial score (nSPS) is 19.8. The van der Waals surface area contributed by atoms with Crippen molar-refractivity contribution in [3.8, 4) is 0 Å². The fourth-order valence-corrected chi connectivity index (χ4v) is 2.61. The molecule has 2 unspecified atom stereocenters. The summed E-state index contributed by atoms with van der Waals surface area (Å²) in [7, 11) is 0. The molecule has 116 valence electrons. The zero-order valence-corrected chi connectivity index (χ0v) is 13.4. The first-order valence-electron chi connectivity index (χ1n) is 8.36. The van der Waals surface area contributed by atoms with E-state index in [2.05, 4.69) is 35.5 Å². The SMILES string of the molecule is CCC/C=C/CCCCCCCC1NC=CN1C(C)N. The molecule has 0 aromatic rings. The second-order valence-corrected chi connectivity index (χ2v) is 5.79. The predicted molar refractivity (Wildman–Crippen MR) is 87.9 cm³/mol. The Kier molecular flexibility index (Phi) is 9.22. The molecule has 2 atom stereocenters. The average Bonchev–Trinajstić information content (AvgIpc) is 2.89.